The third-order valence-corrected chi connectivity index (χ3v) is 4.96. The Labute approximate surface area is 161 Å². The van der Waals surface area contributed by atoms with Crippen molar-refractivity contribution in [1.29, 1.82) is 0 Å². The van der Waals surface area contributed by atoms with Crippen molar-refractivity contribution in [3.05, 3.63) is 51.6 Å². The second kappa shape index (κ2) is 8.57. The van der Waals surface area contributed by atoms with Gasteiger partial charge in [-0.3, -0.25) is 10.1 Å². The molecule has 0 saturated heterocycles. The van der Waals surface area contributed by atoms with Gasteiger partial charge in [0.1, 0.15) is 0 Å². The van der Waals surface area contributed by atoms with Gasteiger partial charge in [0, 0.05) is 6.07 Å². The van der Waals surface area contributed by atoms with Crippen molar-refractivity contribution in [3.63, 3.8) is 0 Å². The van der Waals surface area contributed by atoms with E-state index in [1.54, 1.807) is 12.1 Å². The van der Waals surface area contributed by atoms with E-state index in [1.165, 1.54) is 39.5 Å². The van der Waals surface area contributed by atoms with Crippen molar-refractivity contribution < 1.29 is 27.6 Å². The van der Waals surface area contributed by atoms with E-state index in [0.717, 1.165) is 11.8 Å². The monoisotopic (exact) mass is 409 g/mol. The first-order valence-corrected chi connectivity index (χ1v) is 9.32. The highest BCUT2D eigenvalue weighted by atomic mass is 32.2. The highest BCUT2D eigenvalue weighted by Crippen LogP contribution is 2.45. The van der Waals surface area contributed by atoms with Gasteiger partial charge in [0.05, 0.1) is 42.9 Å². The summed E-state index contributed by atoms with van der Waals surface area (Å²) in [6.45, 7) is 1.82. The fraction of sp³-hybridized carbons (Fsp3) is 0.235. The molecule has 2 aromatic rings. The minimum atomic E-state index is -3.93. The summed E-state index contributed by atoms with van der Waals surface area (Å²) in [6.07, 6.45) is 0.994. The summed E-state index contributed by atoms with van der Waals surface area (Å²) >= 11 is 0. The van der Waals surface area contributed by atoms with Crippen LogP contribution in [0.3, 0.4) is 0 Å². The van der Waals surface area contributed by atoms with Gasteiger partial charge in [-0.2, -0.15) is 13.5 Å². The van der Waals surface area contributed by atoms with E-state index in [9.17, 15) is 18.5 Å². The van der Waals surface area contributed by atoms with Crippen LogP contribution < -0.4 is 19.0 Å². The van der Waals surface area contributed by atoms with Crippen LogP contribution in [0.4, 0.5) is 5.69 Å². The first-order chi connectivity index (χ1) is 13.2. The molecule has 0 aliphatic carbocycles. The van der Waals surface area contributed by atoms with Crippen LogP contribution >= 0.6 is 0 Å². The number of benzene rings is 2. The van der Waals surface area contributed by atoms with E-state index >= 15 is 0 Å². The number of hydrogen-bond donors (Lipinski definition) is 1. The van der Waals surface area contributed by atoms with Crippen molar-refractivity contribution >= 4 is 21.9 Å². The van der Waals surface area contributed by atoms with Gasteiger partial charge in [-0.05, 0) is 19.1 Å². The Kier molecular flexibility index (Phi) is 6.41. The van der Waals surface area contributed by atoms with E-state index in [1.807, 2.05) is 11.8 Å². The lowest BCUT2D eigenvalue weighted by atomic mass is 10.1. The molecule has 0 atom stereocenters. The molecule has 0 unspecified atom stereocenters. The minimum absolute atomic E-state index is 0.00893. The number of rotatable bonds is 8. The highest BCUT2D eigenvalue weighted by Gasteiger charge is 2.28. The fourth-order valence-electron chi connectivity index (χ4n) is 2.38. The Balaban J connectivity index is 2.44. The van der Waals surface area contributed by atoms with Crippen LogP contribution in [-0.4, -0.2) is 40.9 Å². The zero-order chi connectivity index (χ0) is 20.9. The lowest BCUT2D eigenvalue weighted by molar-refractivity contribution is -0.386. The number of hydrazone groups is 1. The second-order valence-corrected chi connectivity index (χ2v) is 7.17. The van der Waals surface area contributed by atoms with Crippen molar-refractivity contribution in [1.82, 2.24) is 4.83 Å². The molecule has 2 rings (SSSR count). The number of aryl methyl sites for hydroxylation is 1. The largest absolute Gasteiger partial charge is 0.493 e. The summed E-state index contributed by atoms with van der Waals surface area (Å²) in [4.78, 5) is 12.9. The van der Waals surface area contributed by atoms with Crippen molar-refractivity contribution in [2.24, 2.45) is 5.10 Å². The zero-order valence-corrected chi connectivity index (χ0v) is 16.4. The van der Waals surface area contributed by atoms with Crippen LogP contribution in [0.15, 0.2) is 40.3 Å². The fourth-order valence-corrected chi connectivity index (χ4v) is 3.17. The lowest BCUT2D eigenvalue weighted by Crippen LogP contribution is -2.18. The summed E-state index contributed by atoms with van der Waals surface area (Å²) in [5, 5.41) is 15.2. The molecule has 0 saturated carbocycles. The van der Waals surface area contributed by atoms with Gasteiger partial charge >= 0.3 is 5.69 Å². The van der Waals surface area contributed by atoms with E-state index in [2.05, 4.69) is 5.10 Å². The Morgan fingerprint density at radius 3 is 2.18 bits per heavy atom. The molecule has 0 spiro atoms. The van der Waals surface area contributed by atoms with Crippen LogP contribution in [0.5, 0.6) is 17.2 Å². The summed E-state index contributed by atoms with van der Waals surface area (Å²) in [6, 6.07) is 7.43. The summed E-state index contributed by atoms with van der Waals surface area (Å²) in [5.74, 6) is 0.0246. The summed E-state index contributed by atoms with van der Waals surface area (Å²) in [5.41, 5.74) is 0.417. The normalized spacial score (nSPS) is 11.3. The van der Waals surface area contributed by atoms with E-state index < -0.39 is 20.6 Å². The first kappa shape index (κ1) is 21.0. The molecule has 0 aliphatic heterocycles. The second-order valence-electron chi connectivity index (χ2n) is 5.51. The number of nitrogens with one attached hydrogen (secondary N) is 1. The number of nitrogens with zero attached hydrogens (tertiary/aromatic N) is 2. The van der Waals surface area contributed by atoms with E-state index in [-0.39, 0.29) is 27.7 Å². The summed E-state index contributed by atoms with van der Waals surface area (Å²) < 4.78 is 39.9. The molecule has 11 heteroatoms. The third-order valence-electron chi connectivity index (χ3n) is 3.72. The van der Waals surface area contributed by atoms with Gasteiger partial charge in [-0.15, -0.1) is 0 Å². The SMILES string of the molecule is COc1cc(C=NNS(=O)(=O)c2ccc(C)cc2)c([N+](=O)[O-])c(OC)c1OC. The van der Waals surface area contributed by atoms with Crippen LogP contribution in [0.2, 0.25) is 0 Å². The molecule has 150 valence electrons. The highest BCUT2D eigenvalue weighted by molar-refractivity contribution is 7.89. The Hall–Kier alpha value is -3.34. The van der Waals surface area contributed by atoms with Crippen molar-refractivity contribution in [2.45, 2.75) is 11.8 Å². The maximum absolute atomic E-state index is 12.3. The molecule has 1 N–H and O–H groups in total. The Bertz CT molecular complexity index is 1000. The lowest BCUT2D eigenvalue weighted by Gasteiger charge is -2.13. The number of nitro groups is 1. The number of sulfonamides is 1. The molecule has 0 amide bonds. The van der Waals surface area contributed by atoms with E-state index in [4.69, 9.17) is 14.2 Å². The number of hydrogen-bond acceptors (Lipinski definition) is 8. The number of methoxy groups -OCH3 is 3. The number of nitro benzene ring substituents is 1. The molecule has 0 bridgehead atoms. The zero-order valence-electron chi connectivity index (χ0n) is 15.6. The van der Waals surface area contributed by atoms with Gasteiger partial charge in [0.2, 0.25) is 11.5 Å². The van der Waals surface area contributed by atoms with Crippen LogP contribution in [0, 0.1) is 17.0 Å². The van der Waals surface area contributed by atoms with Gasteiger partial charge in [-0.25, -0.2) is 4.83 Å². The third kappa shape index (κ3) is 4.31. The van der Waals surface area contributed by atoms with Gasteiger partial charge < -0.3 is 14.2 Å². The van der Waals surface area contributed by atoms with Crippen molar-refractivity contribution in [2.75, 3.05) is 21.3 Å². The molecular weight excluding hydrogens is 390 g/mol. The predicted molar refractivity (Wildman–Crippen MR) is 102 cm³/mol. The first-order valence-electron chi connectivity index (χ1n) is 7.84. The molecule has 0 radical (unpaired) electrons. The maximum Gasteiger partial charge on any atom is 0.323 e. The standard InChI is InChI=1S/C17H19N3O7S/c1-11-5-7-13(8-6-11)28(23,24)19-18-10-12-9-14(25-2)16(26-3)17(27-4)15(12)20(21)22/h5-10,19H,1-4H3. The molecule has 28 heavy (non-hydrogen) atoms. The maximum atomic E-state index is 12.3. The molecule has 10 nitrogen and oxygen atoms in total. The van der Waals surface area contributed by atoms with E-state index in [0.29, 0.717) is 0 Å². The Morgan fingerprint density at radius 2 is 1.68 bits per heavy atom. The Morgan fingerprint density at radius 1 is 1.07 bits per heavy atom. The summed E-state index contributed by atoms with van der Waals surface area (Å²) in [7, 11) is -0.0237. The van der Waals surface area contributed by atoms with Crippen molar-refractivity contribution in [3.8, 4) is 17.2 Å². The average molecular weight is 409 g/mol. The molecular formula is C17H19N3O7S. The predicted octanol–water partition coefficient (Wildman–Crippen LogP) is 2.24. The van der Waals surface area contributed by atoms with Crippen LogP contribution in [0.1, 0.15) is 11.1 Å². The molecule has 2 aromatic carbocycles. The van der Waals surface area contributed by atoms with Gasteiger partial charge in [0.15, 0.2) is 5.75 Å². The quantitative estimate of drug-likeness (QED) is 0.402. The topological polar surface area (TPSA) is 129 Å². The molecule has 0 aromatic heterocycles. The van der Waals surface area contributed by atoms with Gasteiger partial charge in [0.25, 0.3) is 10.0 Å². The molecule has 0 aliphatic rings. The number of ether oxygens (including phenoxy) is 3. The molecule has 0 heterocycles. The smallest absolute Gasteiger partial charge is 0.323 e. The van der Waals surface area contributed by atoms with Crippen LogP contribution in [-0.2, 0) is 10.0 Å². The van der Waals surface area contributed by atoms with Gasteiger partial charge in [-0.1, -0.05) is 17.7 Å². The van der Waals surface area contributed by atoms with Crippen LogP contribution in [0.25, 0.3) is 0 Å². The molecule has 0 fully saturated rings. The average Bonchev–Trinajstić information content (AvgIpc) is 2.66. The minimum Gasteiger partial charge on any atom is -0.493 e.